The van der Waals surface area contributed by atoms with Crippen LogP contribution in [-0.4, -0.2) is 60.2 Å². The second kappa shape index (κ2) is 5.68. The smallest absolute Gasteiger partial charge is 0.270 e. The number of fused-ring (bicyclic) bond motifs is 2. The van der Waals surface area contributed by atoms with E-state index in [1.165, 1.54) is 6.07 Å². The van der Waals surface area contributed by atoms with Crippen LogP contribution in [0.1, 0.15) is 5.69 Å². The summed E-state index contributed by atoms with van der Waals surface area (Å²) in [5, 5.41) is 12.0. The SMILES string of the molecule is Cc1cc(N2CC3OCCN(C)C3C2)c2cc([N+](=O)[O-])ccc2n1. The van der Waals surface area contributed by atoms with Gasteiger partial charge in [0.2, 0.25) is 0 Å². The molecule has 2 aliphatic rings. The minimum Gasteiger partial charge on any atom is -0.373 e. The van der Waals surface area contributed by atoms with E-state index < -0.39 is 0 Å². The van der Waals surface area contributed by atoms with Gasteiger partial charge in [0.1, 0.15) is 0 Å². The molecule has 2 aromatic rings. The summed E-state index contributed by atoms with van der Waals surface area (Å²) in [7, 11) is 2.13. The number of aryl methyl sites for hydroxylation is 1. The fraction of sp³-hybridized carbons (Fsp3) is 0.471. The van der Waals surface area contributed by atoms with Gasteiger partial charge in [0.25, 0.3) is 5.69 Å². The molecule has 2 unspecified atom stereocenters. The first kappa shape index (κ1) is 15.3. The van der Waals surface area contributed by atoms with Crippen LogP contribution < -0.4 is 4.90 Å². The minimum absolute atomic E-state index is 0.0967. The standard InChI is InChI=1S/C17H20N4O3/c1-11-7-15(13-8-12(21(22)23)3-4-14(13)18-11)20-9-16-17(10-20)24-6-5-19(16)2/h3-4,7-8,16-17H,5-6,9-10H2,1-2H3. The molecule has 126 valence electrons. The van der Waals surface area contributed by atoms with Crippen molar-refractivity contribution in [3.05, 3.63) is 40.1 Å². The molecule has 3 heterocycles. The molecule has 7 heteroatoms. The van der Waals surface area contributed by atoms with Gasteiger partial charge in [-0.3, -0.25) is 20.0 Å². The molecule has 1 aromatic heterocycles. The number of morpholine rings is 1. The summed E-state index contributed by atoms with van der Waals surface area (Å²) >= 11 is 0. The second-order valence-corrected chi connectivity index (χ2v) is 6.60. The molecule has 2 aliphatic heterocycles. The number of hydrogen-bond donors (Lipinski definition) is 0. The summed E-state index contributed by atoms with van der Waals surface area (Å²) in [6, 6.07) is 7.25. The molecule has 0 amide bonds. The molecule has 4 rings (SSSR count). The predicted octanol–water partition coefficient (Wildman–Crippen LogP) is 1.97. The molecule has 2 atom stereocenters. The third kappa shape index (κ3) is 2.50. The molecule has 2 saturated heterocycles. The Morgan fingerprint density at radius 3 is 2.92 bits per heavy atom. The summed E-state index contributed by atoms with van der Waals surface area (Å²) in [5.41, 5.74) is 2.81. The number of hydrogen-bond acceptors (Lipinski definition) is 6. The monoisotopic (exact) mass is 328 g/mol. The fourth-order valence-electron chi connectivity index (χ4n) is 3.75. The fourth-order valence-corrected chi connectivity index (χ4v) is 3.75. The summed E-state index contributed by atoms with van der Waals surface area (Å²) in [5.74, 6) is 0. The molecular weight excluding hydrogens is 308 g/mol. The molecule has 0 aliphatic carbocycles. The summed E-state index contributed by atoms with van der Waals surface area (Å²) in [6.07, 6.45) is 0.186. The minimum atomic E-state index is -0.357. The van der Waals surface area contributed by atoms with Crippen LogP contribution in [0.5, 0.6) is 0 Å². The van der Waals surface area contributed by atoms with E-state index in [1.54, 1.807) is 12.1 Å². The van der Waals surface area contributed by atoms with Gasteiger partial charge in [0, 0.05) is 48.5 Å². The maximum Gasteiger partial charge on any atom is 0.270 e. The van der Waals surface area contributed by atoms with Gasteiger partial charge in [-0.1, -0.05) is 0 Å². The van der Waals surface area contributed by atoms with Crippen LogP contribution in [0.25, 0.3) is 10.9 Å². The van der Waals surface area contributed by atoms with Gasteiger partial charge >= 0.3 is 0 Å². The van der Waals surface area contributed by atoms with Crippen LogP contribution in [0, 0.1) is 17.0 Å². The first-order valence-corrected chi connectivity index (χ1v) is 8.15. The number of nitro groups is 1. The third-order valence-corrected chi connectivity index (χ3v) is 5.03. The van der Waals surface area contributed by atoms with E-state index in [0.29, 0.717) is 6.04 Å². The van der Waals surface area contributed by atoms with E-state index >= 15 is 0 Å². The van der Waals surface area contributed by atoms with Crippen LogP contribution >= 0.6 is 0 Å². The lowest BCUT2D eigenvalue weighted by molar-refractivity contribution is -0.384. The van der Waals surface area contributed by atoms with E-state index in [-0.39, 0.29) is 16.7 Å². The molecule has 0 bridgehead atoms. The van der Waals surface area contributed by atoms with Crippen molar-refractivity contribution in [2.24, 2.45) is 0 Å². The number of anilines is 1. The Morgan fingerprint density at radius 1 is 1.33 bits per heavy atom. The third-order valence-electron chi connectivity index (χ3n) is 5.03. The van der Waals surface area contributed by atoms with Crippen molar-refractivity contribution in [3.8, 4) is 0 Å². The van der Waals surface area contributed by atoms with Gasteiger partial charge in [0.15, 0.2) is 0 Å². The van der Waals surface area contributed by atoms with Crippen molar-refractivity contribution < 1.29 is 9.66 Å². The van der Waals surface area contributed by atoms with Gasteiger partial charge in [-0.2, -0.15) is 0 Å². The Bertz CT molecular complexity index is 810. The molecule has 24 heavy (non-hydrogen) atoms. The van der Waals surface area contributed by atoms with Crippen LogP contribution in [0.2, 0.25) is 0 Å². The van der Waals surface area contributed by atoms with Crippen molar-refractivity contribution >= 4 is 22.3 Å². The highest BCUT2D eigenvalue weighted by atomic mass is 16.6. The van der Waals surface area contributed by atoms with E-state index in [9.17, 15) is 10.1 Å². The molecule has 0 radical (unpaired) electrons. The van der Waals surface area contributed by atoms with Crippen LogP contribution in [0.15, 0.2) is 24.3 Å². The van der Waals surface area contributed by atoms with Crippen molar-refractivity contribution in [1.29, 1.82) is 0 Å². The van der Waals surface area contributed by atoms with Gasteiger partial charge in [0.05, 0.1) is 29.2 Å². The molecule has 0 N–H and O–H groups in total. The number of ether oxygens (including phenoxy) is 1. The Labute approximate surface area is 140 Å². The Balaban J connectivity index is 1.78. The quantitative estimate of drug-likeness (QED) is 0.620. The zero-order valence-electron chi connectivity index (χ0n) is 13.8. The van der Waals surface area contributed by atoms with Gasteiger partial charge in [-0.05, 0) is 26.1 Å². The maximum absolute atomic E-state index is 11.1. The predicted molar refractivity (Wildman–Crippen MR) is 91.5 cm³/mol. The molecule has 1 aromatic carbocycles. The van der Waals surface area contributed by atoms with Crippen LogP contribution in [0.3, 0.4) is 0 Å². The number of pyridine rings is 1. The Morgan fingerprint density at radius 2 is 2.17 bits per heavy atom. The molecule has 0 spiro atoms. The van der Waals surface area contributed by atoms with Crippen LogP contribution in [0.4, 0.5) is 11.4 Å². The molecular formula is C17H20N4O3. The first-order valence-electron chi connectivity index (χ1n) is 8.15. The number of rotatable bonds is 2. The first-order chi connectivity index (χ1) is 11.5. The van der Waals surface area contributed by atoms with E-state index in [0.717, 1.165) is 48.5 Å². The maximum atomic E-state index is 11.1. The summed E-state index contributed by atoms with van der Waals surface area (Å²) in [4.78, 5) is 19.9. The van der Waals surface area contributed by atoms with Gasteiger partial charge in [-0.25, -0.2) is 0 Å². The number of nitro benzene ring substituents is 1. The highest BCUT2D eigenvalue weighted by molar-refractivity contribution is 5.93. The molecule has 7 nitrogen and oxygen atoms in total. The number of aromatic nitrogens is 1. The summed E-state index contributed by atoms with van der Waals surface area (Å²) < 4.78 is 5.92. The van der Waals surface area contributed by atoms with Crippen molar-refractivity contribution in [1.82, 2.24) is 9.88 Å². The van der Waals surface area contributed by atoms with Crippen molar-refractivity contribution in [2.75, 3.05) is 38.2 Å². The summed E-state index contributed by atoms with van der Waals surface area (Å²) in [6.45, 7) is 5.32. The largest absolute Gasteiger partial charge is 0.373 e. The molecule has 0 saturated carbocycles. The highest BCUT2D eigenvalue weighted by Gasteiger charge is 2.39. The number of benzene rings is 1. The van der Waals surface area contributed by atoms with Crippen LogP contribution in [-0.2, 0) is 4.74 Å². The lowest BCUT2D eigenvalue weighted by atomic mass is 10.1. The molecule has 2 fully saturated rings. The average Bonchev–Trinajstić information content (AvgIpc) is 2.99. The van der Waals surface area contributed by atoms with Crippen molar-refractivity contribution in [2.45, 2.75) is 19.1 Å². The number of non-ortho nitro benzene ring substituents is 1. The zero-order chi connectivity index (χ0) is 16.8. The Kier molecular flexibility index (Phi) is 3.62. The normalized spacial score (nSPS) is 24.3. The van der Waals surface area contributed by atoms with E-state index in [1.807, 2.05) is 13.0 Å². The van der Waals surface area contributed by atoms with E-state index in [2.05, 4.69) is 21.8 Å². The second-order valence-electron chi connectivity index (χ2n) is 6.60. The van der Waals surface area contributed by atoms with E-state index in [4.69, 9.17) is 4.74 Å². The zero-order valence-corrected chi connectivity index (χ0v) is 13.8. The Hall–Kier alpha value is -2.25. The number of nitrogens with zero attached hydrogens (tertiary/aromatic N) is 4. The average molecular weight is 328 g/mol. The van der Waals surface area contributed by atoms with Gasteiger partial charge in [-0.15, -0.1) is 0 Å². The topological polar surface area (TPSA) is 71.7 Å². The lowest BCUT2D eigenvalue weighted by Gasteiger charge is -2.33. The van der Waals surface area contributed by atoms with Gasteiger partial charge < -0.3 is 9.64 Å². The number of likely N-dealkylation sites (N-methyl/N-ethyl adjacent to an activating group) is 1. The highest BCUT2D eigenvalue weighted by Crippen LogP contribution is 2.34. The van der Waals surface area contributed by atoms with Crippen molar-refractivity contribution in [3.63, 3.8) is 0 Å². The lowest BCUT2D eigenvalue weighted by Crippen LogP contribution is -2.48.